The van der Waals surface area contributed by atoms with E-state index >= 15 is 0 Å². The largest absolute Gasteiger partial charge is 0.491 e. The van der Waals surface area contributed by atoms with Crippen molar-refractivity contribution in [2.75, 3.05) is 26.4 Å². The van der Waals surface area contributed by atoms with Crippen LogP contribution in [0.4, 0.5) is 0 Å². The number of hydrogen-bond acceptors (Lipinski definition) is 6. The normalized spacial score (nSPS) is 13.0. The molecule has 6 heteroatoms. The fraction of sp³-hybridized carbons (Fsp3) is 0.111. The number of ether oxygens (including phenoxy) is 2. The van der Waals surface area contributed by atoms with Crippen molar-refractivity contribution in [2.24, 2.45) is 0 Å². The first-order valence-electron chi connectivity index (χ1n) is 17.1. The summed E-state index contributed by atoms with van der Waals surface area (Å²) in [6.07, 6.45) is 0. The van der Waals surface area contributed by atoms with Crippen LogP contribution >= 0.6 is 22.7 Å². The van der Waals surface area contributed by atoms with Gasteiger partial charge in [0.1, 0.15) is 24.7 Å². The average Bonchev–Trinajstić information content (AvgIpc) is 3.90. The molecular formula is C45H34O4S2. The Morgan fingerprint density at radius 1 is 0.471 bits per heavy atom. The molecule has 0 atom stereocenters. The van der Waals surface area contributed by atoms with Crippen LogP contribution in [0.3, 0.4) is 0 Å². The lowest BCUT2D eigenvalue weighted by Gasteiger charge is -2.34. The Balaban J connectivity index is 1.31. The van der Waals surface area contributed by atoms with Gasteiger partial charge in [0.15, 0.2) is 0 Å². The SMILES string of the molecule is OCCOc1ccc(C2(c3ccc(OCCO)cc3)c3ccc(-c4csc5ccccc45)cc3-c3cc(-c4csc5ccccc45)ccc32)cc1. The van der Waals surface area contributed by atoms with Crippen LogP contribution in [0.15, 0.2) is 144 Å². The molecule has 0 radical (unpaired) electrons. The summed E-state index contributed by atoms with van der Waals surface area (Å²) < 4.78 is 14.2. The Bertz CT molecular complexity index is 2330. The lowest BCUT2D eigenvalue weighted by molar-refractivity contribution is 0.201. The zero-order chi connectivity index (χ0) is 34.4. The van der Waals surface area contributed by atoms with Gasteiger partial charge in [-0.1, -0.05) is 84.9 Å². The van der Waals surface area contributed by atoms with Gasteiger partial charge in [0, 0.05) is 31.3 Å². The van der Waals surface area contributed by atoms with Gasteiger partial charge in [-0.05, 0) is 104 Å². The quantitative estimate of drug-likeness (QED) is 0.149. The molecule has 0 spiro atoms. The molecule has 250 valence electrons. The van der Waals surface area contributed by atoms with Gasteiger partial charge in [0.2, 0.25) is 0 Å². The second kappa shape index (κ2) is 13.1. The molecule has 0 saturated heterocycles. The van der Waals surface area contributed by atoms with Crippen LogP contribution in [-0.4, -0.2) is 36.6 Å². The van der Waals surface area contributed by atoms with E-state index in [1.807, 2.05) is 24.3 Å². The summed E-state index contributed by atoms with van der Waals surface area (Å²) in [5.74, 6) is 1.43. The second-order valence-electron chi connectivity index (χ2n) is 12.8. The van der Waals surface area contributed by atoms with Crippen LogP contribution in [-0.2, 0) is 5.41 Å². The third-order valence-corrected chi connectivity index (χ3v) is 11.9. The first kappa shape index (κ1) is 31.7. The molecule has 2 heterocycles. The highest BCUT2D eigenvalue weighted by atomic mass is 32.1. The van der Waals surface area contributed by atoms with Gasteiger partial charge >= 0.3 is 0 Å². The van der Waals surface area contributed by atoms with Gasteiger partial charge in [-0.2, -0.15) is 0 Å². The van der Waals surface area contributed by atoms with Gasteiger partial charge in [-0.25, -0.2) is 0 Å². The number of rotatable bonds is 10. The minimum atomic E-state index is -0.639. The first-order valence-corrected chi connectivity index (χ1v) is 18.9. The number of aliphatic hydroxyl groups excluding tert-OH is 2. The molecule has 0 unspecified atom stereocenters. The Kier molecular flexibility index (Phi) is 8.17. The number of thiophene rings is 2. The molecule has 6 aromatic carbocycles. The van der Waals surface area contributed by atoms with E-state index in [2.05, 4.69) is 120 Å². The topological polar surface area (TPSA) is 58.9 Å². The maximum absolute atomic E-state index is 9.39. The molecule has 8 aromatic rings. The zero-order valence-electron chi connectivity index (χ0n) is 27.7. The lowest BCUT2D eigenvalue weighted by atomic mass is 9.67. The monoisotopic (exact) mass is 702 g/mol. The van der Waals surface area contributed by atoms with Gasteiger partial charge in [-0.3, -0.25) is 0 Å². The second-order valence-corrected chi connectivity index (χ2v) is 14.6. The van der Waals surface area contributed by atoms with Crippen molar-refractivity contribution < 1.29 is 19.7 Å². The smallest absolute Gasteiger partial charge is 0.119 e. The van der Waals surface area contributed by atoms with E-state index in [9.17, 15) is 10.2 Å². The van der Waals surface area contributed by atoms with Crippen molar-refractivity contribution in [1.82, 2.24) is 0 Å². The van der Waals surface area contributed by atoms with Crippen molar-refractivity contribution in [3.05, 3.63) is 166 Å². The Morgan fingerprint density at radius 3 is 1.33 bits per heavy atom. The van der Waals surface area contributed by atoms with Gasteiger partial charge < -0.3 is 19.7 Å². The van der Waals surface area contributed by atoms with E-state index in [1.54, 1.807) is 22.7 Å². The molecule has 1 aliphatic carbocycles. The third-order valence-electron chi connectivity index (χ3n) is 10.0. The minimum absolute atomic E-state index is 0.0410. The Morgan fingerprint density at radius 2 is 0.902 bits per heavy atom. The highest BCUT2D eigenvalue weighted by Gasteiger charge is 2.46. The Labute approximate surface area is 304 Å². The van der Waals surface area contributed by atoms with E-state index in [0.717, 1.165) is 11.1 Å². The number of benzene rings is 6. The summed E-state index contributed by atoms with van der Waals surface area (Å²) in [7, 11) is 0. The summed E-state index contributed by atoms with van der Waals surface area (Å²) in [6.45, 7) is 0.401. The van der Waals surface area contributed by atoms with E-state index in [1.165, 1.54) is 64.7 Å². The third kappa shape index (κ3) is 5.26. The van der Waals surface area contributed by atoms with Crippen LogP contribution < -0.4 is 9.47 Å². The van der Waals surface area contributed by atoms with Gasteiger partial charge in [0.05, 0.1) is 18.6 Å². The minimum Gasteiger partial charge on any atom is -0.491 e. The van der Waals surface area contributed by atoms with Crippen LogP contribution in [0.25, 0.3) is 53.6 Å². The Hall–Kier alpha value is -5.24. The summed E-state index contributed by atoms with van der Waals surface area (Å²) in [4.78, 5) is 0. The van der Waals surface area contributed by atoms with Gasteiger partial charge in [0.25, 0.3) is 0 Å². The summed E-state index contributed by atoms with van der Waals surface area (Å²) in [6, 6.07) is 47.8. The highest BCUT2D eigenvalue weighted by Crippen LogP contribution is 2.58. The molecule has 0 aliphatic heterocycles. The van der Waals surface area contributed by atoms with Crippen molar-refractivity contribution in [2.45, 2.75) is 5.41 Å². The van der Waals surface area contributed by atoms with E-state index in [0.29, 0.717) is 11.5 Å². The molecule has 2 aromatic heterocycles. The summed E-state index contributed by atoms with van der Waals surface area (Å²) in [5, 5.41) is 25.9. The average molecular weight is 703 g/mol. The molecule has 51 heavy (non-hydrogen) atoms. The van der Waals surface area contributed by atoms with Crippen molar-refractivity contribution >= 4 is 42.8 Å². The zero-order valence-corrected chi connectivity index (χ0v) is 29.3. The van der Waals surface area contributed by atoms with E-state index < -0.39 is 5.41 Å². The maximum atomic E-state index is 9.39. The van der Waals surface area contributed by atoms with Gasteiger partial charge in [-0.15, -0.1) is 22.7 Å². The molecule has 9 rings (SSSR count). The van der Waals surface area contributed by atoms with E-state index in [-0.39, 0.29) is 26.4 Å². The van der Waals surface area contributed by atoms with E-state index in [4.69, 9.17) is 9.47 Å². The van der Waals surface area contributed by atoms with Crippen LogP contribution in [0.5, 0.6) is 11.5 Å². The van der Waals surface area contributed by atoms with Crippen LogP contribution in [0, 0.1) is 0 Å². The number of aliphatic hydroxyl groups is 2. The highest BCUT2D eigenvalue weighted by molar-refractivity contribution is 7.18. The van der Waals surface area contributed by atoms with Crippen LogP contribution in [0.2, 0.25) is 0 Å². The molecular weight excluding hydrogens is 669 g/mol. The predicted molar refractivity (Wildman–Crippen MR) is 211 cm³/mol. The van der Waals surface area contributed by atoms with Crippen molar-refractivity contribution in [3.8, 4) is 44.9 Å². The molecule has 2 N–H and O–H groups in total. The molecule has 4 nitrogen and oxygen atoms in total. The molecule has 1 aliphatic rings. The fourth-order valence-electron chi connectivity index (χ4n) is 7.79. The molecule has 0 bridgehead atoms. The molecule has 0 fully saturated rings. The number of hydrogen-bond donors (Lipinski definition) is 2. The van der Waals surface area contributed by atoms with Crippen molar-refractivity contribution in [1.29, 1.82) is 0 Å². The fourth-order valence-corrected chi connectivity index (χ4v) is 9.73. The van der Waals surface area contributed by atoms with Crippen molar-refractivity contribution in [3.63, 3.8) is 0 Å². The first-order chi connectivity index (χ1) is 25.2. The summed E-state index contributed by atoms with van der Waals surface area (Å²) in [5.41, 5.74) is 11.3. The standard InChI is InChI=1S/C45H34O4S2/c46-21-23-48-33-15-11-31(12-16-33)45(32-13-17-34(18-14-32)49-24-22-47)41-19-9-29(39-27-50-43-7-3-1-5-35(39)43)25-37(41)38-26-30(10-20-42(38)45)40-28-51-44-8-4-2-6-36(40)44/h1-20,25-28,46-47H,21-24H2. The van der Waals surface area contributed by atoms with Crippen LogP contribution in [0.1, 0.15) is 22.3 Å². The maximum Gasteiger partial charge on any atom is 0.119 e. The number of fused-ring (bicyclic) bond motifs is 5. The predicted octanol–water partition coefficient (Wildman–Crippen LogP) is 10.6. The molecule has 0 saturated carbocycles. The molecule has 0 amide bonds. The lowest BCUT2D eigenvalue weighted by Crippen LogP contribution is -2.28. The summed E-state index contributed by atoms with van der Waals surface area (Å²) >= 11 is 3.57.